The number of likely N-dealkylation sites (tertiary alicyclic amines) is 1. The molecule has 1 unspecified atom stereocenters. The predicted octanol–water partition coefficient (Wildman–Crippen LogP) is 3.04. The minimum atomic E-state index is 0.00645. The maximum atomic E-state index is 12.9. The second-order valence-corrected chi connectivity index (χ2v) is 9.09. The van der Waals surface area contributed by atoms with Crippen molar-refractivity contribution in [1.29, 1.82) is 0 Å². The monoisotopic (exact) mass is 377 g/mol. The molecule has 27 heavy (non-hydrogen) atoms. The molecule has 0 radical (unpaired) electrons. The first-order valence-corrected chi connectivity index (χ1v) is 11.3. The second kappa shape index (κ2) is 9.40. The fraction of sp³-hybridized carbons (Fsp3) is 0.909. The van der Waals surface area contributed by atoms with Crippen LogP contribution in [0.2, 0.25) is 0 Å². The molecule has 3 aliphatic rings. The van der Waals surface area contributed by atoms with Gasteiger partial charge in [0.1, 0.15) is 0 Å². The van der Waals surface area contributed by atoms with Gasteiger partial charge in [0.2, 0.25) is 11.8 Å². The molecule has 5 nitrogen and oxygen atoms in total. The summed E-state index contributed by atoms with van der Waals surface area (Å²) in [5.74, 6) is 1.09. The molecule has 0 aromatic rings. The summed E-state index contributed by atoms with van der Waals surface area (Å²) in [6, 6.07) is 0. The van der Waals surface area contributed by atoms with Crippen molar-refractivity contribution >= 4 is 11.8 Å². The van der Waals surface area contributed by atoms with Crippen molar-refractivity contribution in [2.75, 3.05) is 39.3 Å². The largest absolute Gasteiger partial charge is 0.343 e. The average molecular weight is 378 g/mol. The lowest BCUT2D eigenvalue weighted by Crippen LogP contribution is -2.47. The summed E-state index contributed by atoms with van der Waals surface area (Å²) in [5, 5.41) is 3.48. The number of nitrogens with zero attached hydrogens (tertiary/aromatic N) is 2. The maximum Gasteiger partial charge on any atom is 0.227 e. The van der Waals surface area contributed by atoms with Crippen LogP contribution in [0.25, 0.3) is 0 Å². The minimum absolute atomic E-state index is 0.00645. The van der Waals surface area contributed by atoms with E-state index in [-0.39, 0.29) is 11.8 Å². The van der Waals surface area contributed by atoms with Crippen LogP contribution in [-0.2, 0) is 9.59 Å². The number of hydrogen-bond donors (Lipinski definition) is 1. The lowest BCUT2D eigenvalue weighted by Gasteiger charge is -2.43. The number of hydrogen-bond acceptors (Lipinski definition) is 3. The van der Waals surface area contributed by atoms with Gasteiger partial charge in [-0.15, -0.1) is 0 Å². The van der Waals surface area contributed by atoms with E-state index in [1.54, 1.807) is 0 Å². The SMILES string of the molecule is CCN(CC)C(=O)C1CCCN(C(=O)CC2CCC3(CCNCC3)CC2)C1. The summed E-state index contributed by atoms with van der Waals surface area (Å²) in [4.78, 5) is 29.5. The molecule has 1 aliphatic carbocycles. The van der Waals surface area contributed by atoms with Crippen LogP contribution in [0.15, 0.2) is 0 Å². The summed E-state index contributed by atoms with van der Waals surface area (Å²) in [7, 11) is 0. The van der Waals surface area contributed by atoms with E-state index in [1.807, 2.05) is 23.6 Å². The van der Waals surface area contributed by atoms with Crippen molar-refractivity contribution in [3.05, 3.63) is 0 Å². The van der Waals surface area contributed by atoms with Crippen LogP contribution in [0.1, 0.15) is 71.6 Å². The van der Waals surface area contributed by atoms with Gasteiger partial charge < -0.3 is 15.1 Å². The first kappa shape index (κ1) is 20.6. The molecule has 154 valence electrons. The quantitative estimate of drug-likeness (QED) is 0.801. The van der Waals surface area contributed by atoms with Gasteiger partial charge in [-0.2, -0.15) is 0 Å². The van der Waals surface area contributed by atoms with Gasteiger partial charge in [0, 0.05) is 32.6 Å². The highest BCUT2D eigenvalue weighted by Crippen LogP contribution is 2.45. The molecule has 2 aliphatic heterocycles. The van der Waals surface area contributed by atoms with E-state index >= 15 is 0 Å². The van der Waals surface area contributed by atoms with E-state index in [1.165, 1.54) is 51.6 Å². The average Bonchev–Trinajstić information content (AvgIpc) is 2.71. The number of carbonyl (C=O) groups excluding carboxylic acids is 2. The summed E-state index contributed by atoms with van der Waals surface area (Å²) in [6.45, 7) is 9.40. The van der Waals surface area contributed by atoms with E-state index in [4.69, 9.17) is 0 Å². The van der Waals surface area contributed by atoms with Crippen molar-refractivity contribution in [2.24, 2.45) is 17.3 Å². The molecule has 1 spiro atoms. The Morgan fingerprint density at radius 1 is 1.04 bits per heavy atom. The zero-order valence-electron chi connectivity index (χ0n) is 17.5. The van der Waals surface area contributed by atoms with Gasteiger partial charge in [-0.25, -0.2) is 0 Å². The van der Waals surface area contributed by atoms with Gasteiger partial charge in [-0.1, -0.05) is 0 Å². The fourth-order valence-corrected chi connectivity index (χ4v) is 5.53. The van der Waals surface area contributed by atoms with Crippen molar-refractivity contribution < 1.29 is 9.59 Å². The molecule has 1 atom stereocenters. The zero-order valence-corrected chi connectivity index (χ0v) is 17.5. The third-order valence-corrected chi connectivity index (χ3v) is 7.49. The topological polar surface area (TPSA) is 52.7 Å². The number of amides is 2. The number of piperidine rings is 2. The molecule has 2 saturated heterocycles. The molecule has 0 bridgehead atoms. The normalized spacial score (nSPS) is 26.1. The van der Waals surface area contributed by atoms with Crippen LogP contribution < -0.4 is 5.32 Å². The Morgan fingerprint density at radius 2 is 1.70 bits per heavy atom. The van der Waals surface area contributed by atoms with Crippen molar-refractivity contribution in [2.45, 2.75) is 71.6 Å². The Balaban J connectivity index is 1.47. The first-order chi connectivity index (χ1) is 13.1. The second-order valence-electron chi connectivity index (χ2n) is 9.09. The van der Waals surface area contributed by atoms with Gasteiger partial charge in [0.15, 0.2) is 0 Å². The smallest absolute Gasteiger partial charge is 0.227 e. The van der Waals surface area contributed by atoms with E-state index in [0.717, 1.165) is 32.5 Å². The third kappa shape index (κ3) is 5.04. The number of rotatable bonds is 5. The maximum absolute atomic E-state index is 12.9. The highest BCUT2D eigenvalue weighted by molar-refractivity contribution is 5.81. The molecular weight excluding hydrogens is 338 g/mol. The molecule has 2 heterocycles. The molecule has 0 aromatic heterocycles. The molecule has 3 fully saturated rings. The number of nitrogens with one attached hydrogen (secondary N) is 1. The number of carbonyl (C=O) groups is 2. The molecule has 0 aromatic carbocycles. The highest BCUT2D eigenvalue weighted by Gasteiger charge is 2.37. The van der Waals surface area contributed by atoms with Gasteiger partial charge in [0.05, 0.1) is 5.92 Å². The van der Waals surface area contributed by atoms with Gasteiger partial charge in [0.25, 0.3) is 0 Å². The molecule has 2 amide bonds. The summed E-state index contributed by atoms with van der Waals surface area (Å²) < 4.78 is 0. The first-order valence-electron chi connectivity index (χ1n) is 11.3. The molecule has 1 saturated carbocycles. The van der Waals surface area contributed by atoms with Crippen molar-refractivity contribution in [1.82, 2.24) is 15.1 Å². The zero-order chi connectivity index (χ0) is 19.3. The molecule has 1 N–H and O–H groups in total. The Kier molecular flexibility index (Phi) is 7.18. The van der Waals surface area contributed by atoms with Crippen LogP contribution in [0, 0.1) is 17.3 Å². The molecule has 3 rings (SSSR count). The predicted molar refractivity (Wildman–Crippen MR) is 108 cm³/mol. The molecule has 5 heteroatoms. The van der Waals surface area contributed by atoms with Crippen LogP contribution in [0.4, 0.5) is 0 Å². The van der Waals surface area contributed by atoms with Crippen LogP contribution in [-0.4, -0.2) is 60.9 Å². The summed E-state index contributed by atoms with van der Waals surface area (Å²) in [5.41, 5.74) is 0.567. The lowest BCUT2D eigenvalue weighted by molar-refractivity contribution is -0.141. The lowest BCUT2D eigenvalue weighted by atomic mass is 9.65. The van der Waals surface area contributed by atoms with Crippen LogP contribution in [0.3, 0.4) is 0 Å². The minimum Gasteiger partial charge on any atom is -0.343 e. The summed E-state index contributed by atoms with van der Waals surface area (Å²) in [6.07, 6.45) is 10.2. The van der Waals surface area contributed by atoms with Gasteiger partial charge >= 0.3 is 0 Å². The Morgan fingerprint density at radius 3 is 2.33 bits per heavy atom. The standard InChI is InChI=1S/C22H39N3O2/c1-3-24(4-2)21(27)19-6-5-15-25(17-19)20(26)16-18-7-9-22(10-8-18)11-13-23-14-12-22/h18-19,23H,3-17H2,1-2H3. The Hall–Kier alpha value is -1.10. The molecular formula is C22H39N3O2. The van der Waals surface area contributed by atoms with Crippen LogP contribution in [0.5, 0.6) is 0 Å². The van der Waals surface area contributed by atoms with E-state index in [2.05, 4.69) is 5.32 Å². The van der Waals surface area contributed by atoms with E-state index < -0.39 is 0 Å². The van der Waals surface area contributed by atoms with Crippen LogP contribution >= 0.6 is 0 Å². The van der Waals surface area contributed by atoms with Gasteiger partial charge in [-0.05, 0) is 89.6 Å². The van der Waals surface area contributed by atoms with Crippen molar-refractivity contribution in [3.63, 3.8) is 0 Å². The van der Waals surface area contributed by atoms with Gasteiger partial charge in [-0.3, -0.25) is 9.59 Å². The third-order valence-electron chi connectivity index (χ3n) is 7.49. The fourth-order valence-electron chi connectivity index (χ4n) is 5.53. The van der Waals surface area contributed by atoms with E-state index in [9.17, 15) is 9.59 Å². The highest BCUT2D eigenvalue weighted by atomic mass is 16.2. The summed E-state index contributed by atoms with van der Waals surface area (Å²) >= 11 is 0. The Labute approximate surface area is 165 Å². The van der Waals surface area contributed by atoms with E-state index in [0.29, 0.717) is 30.2 Å². The Bertz CT molecular complexity index is 502. The van der Waals surface area contributed by atoms with Crippen molar-refractivity contribution in [3.8, 4) is 0 Å².